The van der Waals surface area contributed by atoms with Crippen molar-refractivity contribution in [2.75, 3.05) is 11.9 Å². The number of aryl methyl sites for hydroxylation is 1. The lowest BCUT2D eigenvalue weighted by Crippen LogP contribution is -2.16. The highest BCUT2D eigenvalue weighted by Crippen LogP contribution is 2.20. The molecule has 0 saturated heterocycles. The van der Waals surface area contributed by atoms with Gasteiger partial charge < -0.3 is 10.4 Å². The molecule has 0 aliphatic carbocycles. The van der Waals surface area contributed by atoms with Gasteiger partial charge in [-0.3, -0.25) is 0 Å². The molecule has 0 radical (unpaired) electrons. The van der Waals surface area contributed by atoms with E-state index in [9.17, 15) is 5.11 Å². The fourth-order valence-electron chi connectivity index (χ4n) is 1.97. The predicted octanol–water partition coefficient (Wildman–Crippen LogP) is 3.23. The summed E-state index contributed by atoms with van der Waals surface area (Å²) in [5.74, 6) is 1.35. The van der Waals surface area contributed by atoms with Crippen molar-refractivity contribution in [2.45, 2.75) is 25.8 Å². The van der Waals surface area contributed by atoms with Gasteiger partial charge in [-0.25, -0.2) is 9.97 Å². The number of rotatable bonds is 6. The first-order valence-corrected chi connectivity index (χ1v) is 7.06. The van der Waals surface area contributed by atoms with Crippen LogP contribution in [0.5, 0.6) is 0 Å². The molecule has 1 unspecified atom stereocenters. The Labute approximate surface area is 123 Å². The number of hydrogen-bond donors (Lipinski definition) is 2. The van der Waals surface area contributed by atoms with E-state index in [1.54, 1.807) is 6.07 Å². The number of nitrogens with zero attached hydrogens (tertiary/aromatic N) is 2. The quantitative estimate of drug-likeness (QED) is 0.802. The Morgan fingerprint density at radius 2 is 2.00 bits per heavy atom. The molecule has 20 heavy (non-hydrogen) atoms. The minimum absolute atomic E-state index is 0.0191. The number of halogens is 1. The Bertz CT molecular complexity index is 548. The zero-order valence-electron chi connectivity index (χ0n) is 11.4. The molecule has 1 aromatic carbocycles. The molecule has 0 fully saturated rings. The van der Waals surface area contributed by atoms with E-state index in [2.05, 4.69) is 22.2 Å². The number of hydrogen-bond acceptors (Lipinski definition) is 4. The second-order valence-electron chi connectivity index (χ2n) is 4.53. The molecular formula is C15H18ClN3O. The van der Waals surface area contributed by atoms with Gasteiger partial charge in [-0.15, -0.1) is 0 Å². The summed E-state index contributed by atoms with van der Waals surface area (Å²) in [4.78, 5) is 8.60. The van der Waals surface area contributed by atoms with Gasteiger partial charge >= 0.3 is 0 Å². The van der Waals surface area contributed by atoms with Gasteiger partial charge in [0.2, 0.25) is 0 Å². The lowest BCUT2D eigenvalue weighted by Gasteiger charge is -2.17. The van der Waals surface area contributed by atoms with Crippen molar-refractivity contribution in [3.63, 3.8) is 0 Å². The van der Waals surface area contributed by atoms with Gasteiger partial charge in [0.15, 0.2) is 0 Å². The van der Waals surface area contributed by atoms with Crippen LogP contribution in [0.25, 0.3) is 0 Å². The highest BCUT2D eigenvalue weighted by molar-refractivity contribution is 6.29. The molecule has 0 bridgehead atoms. The molecule has 2 aromatic rings. The van der Waals surface area contributed by atoms with Gasteiger partial charge in [0, 0.05) is 12.5 Å². The zero-order valence-corrected chi connectivity index (χ0v) is 12.1. The van der Waals surface area contributed by atoms with Crippen LogP contribution >= 0.6 is 11.6 Å². The largest absolute Gasteiger partial charge is 0.394 e. The van der Waals surface area contributed by atoms with Crippen molar-refractivity contribution < 1.29 is 5.11 Å². The number of nitrogens with one attached hydrogen (secondary N) is 1. The van der Waals surface area contributed by atoms with E-state index < -0.39 is 0 Å². The Morgan fingerprint density at radius 1 is 1.25 bits per heavy atom. The maximum Gasteiger partial charge on any atom is 0.134 e. The van der Waals surface area contributed by atoms with Crippen molar-refractivity contribution in [2.24, 2.45) is 0 Å². The normalized spacial score (nSPS) is 12.2. The number of aliphatic hydroxyl groups is 1. The minimum Gasteiger partial charge on any atom is -0.394 e. The van der Waals surface area contributed by atoms with Crippen LogP contribution in [0, 0.1) is 0 Å². The van der Waals surface area contributed by atoms with E-state index in [-0.39, 0.29) is 12.6 Å². The third-order valence-electron chi connectivity index (χ3n) is 2.92. The molecule has 2 N–H and O–H groups in total. The Kier molecular flexibility index (Phi) is 5.32. The van der Waals surface area contributed by atoms with E-state index in [4.69, 9.17) is 11.6 Å². The van der Waals surface area contributed by atoms with Gasteiger partial charge in [0.1, 0.15) is 16.8 Å². The van der Waals surface area contributed by atoms with Crippen molar-refractivity contribution >= 4 is 17.4 Å². The standard InChI is InChI=1S/C15H18ClN3O/c1-2-6-14-18-13(16)9-15(19-14)17-12(10-20)11-7-4-3-5-8-11/h3-5,7-9,12,20H,2,6,10H2,1H3,(H,17,18,19). The van der Waals surface area contributed by atoms with Crippen LogP contribution in [0.1, 0.15) is 30.8 Å². The van der Waals surface area contributed by atoms with Crippen molar-refractivity contribution in [3.05, 3.63) is 52.9 Å². The first-order chi connectivity index (χ1) is 9.72. The van der Waals surface area contributed by atoms with E-state index in [1.807, 2.05) is 30.3 Å². The molecule has 106 valence electrons. The van der Waals surface area contributed by atoms with Crippen LogP contribution in [0.15, 0.2) is 36.4 Å². The Balaban J connectivity index is 2.19. The maximum absolute atomic E-state index is 9.54. The zero-order chi connectivity index (χ0) is 14.4. The maximum atomic E-state index is 9.54. The first-order valence-electron chi connectivity index (χ1n) is 6.68. The SMILES string of the molecule is CCCc1nc(Cl)cc(NC(CO)c2ccccc2)n1. The van der Waals surface area contributed by atoms with Crippen LogP contribution in [-0.4, -0.2) is 21.7 Å². The molecule has 0 aliphatic heterocycles. The molecule has 0 spiro atoms. The lowest BCUT2D eigenvalue weighted by atomic mass is 10.1. The van der Waals surface area contributed by atoms with E-state index in [0.717, 1.165) is 18.4 Å². The minimum atomic E-state index is -0.211. The highest BCUT2D eigenvalue weighted by atomic mass is 35.5. The smallest absolute Gasteiger partial charge is 0.134 e. The number of aromatic nitrogens is 2. The fourth-order valence-corrected chi connectivity index (χ4v) is 2.17. The Hall–Kier alpha value is -1.65. The molecule has 0 saturated carbocycles. The summed E-state index contributed by atoms with van der Waals surface area (Å²) in [6, 6.07) is 11.2. The molecule has 5 heteroatoms. The average molecular weight is 292 g/mol. The van der Waals surface area contributed by atoms with Crippen LogP contribution in [0.2, 0.25) is 5.15 Å². The van der Waals surface area contributed by atoms with E-state index in [1.165, 1.54) is 0 Å². The highest BCUT2D eigenvalue weighted by Gasteiger charge is 2.11. The predicted molar refractivity (Wildman–Crippen MR) is 80.9 cm³/mol. The molecule has 1 atom stereocenters. The summed E-state index contributed by atoms with van der Waals surface area (Å²) in [6.45, 7) is 2.05. The molecule has 1 heterocycles. The second kappa shape index (κ2) is 7.22. The summed E-state index contributed by atoms with van der Waals surface area (Å²) in [6.07, 6.45) is 1.74. The summed E-state index contributed by atoms with van der Waals surface area (Å²) >= 11 is 6.00. The van der Waals surface area contributed by atoms with Crippen molar-refractivity contribution in [1.29, 1.82) is 0 Å². The van der Waals surface area contributed by atoms with Crippen molar-refractivity contribution in [1.82, 2.24) is 9.97 Å². The third-order valence-corrected chi connectivity index (χ3v) is 3.12. The van der Waals surface area contributed by atoms with Gasteiger partial charge in [0.25, 0.3) is 0 Å². The average Bonchev–Trinajstić information content (AvgIpc) is 2.45. The van der Waals surface area contributed by atoms with Gasteiger partial charge in [-0.05, 0) is 12.0 Å². The molecular weight excluding hydrogens is 274 g/mol. The summed E-state index contributed by atoms with van der Waals surface area (Å²) < 4.78 is 0. The van der Waals surface area contributed by atoms with Gasteiger partial charge in [-0.2, -0.15) is 0 Å². The third kappa shape index (κ3) is 3.92. The van der Waals surface area contributed by atoms with Crippen LogP contribution in [0.4, 0.5) is 5.82 Å². The monoisotopic (exact) mass is 291 g/mol. The van der Waals surface area contributed by atoms with Crippen molar-refractivity contribution in [3.8, 4) is 0 Å². The lowest BCUT2D eigenvalue weighted by molar-refractivity contribution is 0.276. The summed E-state index contributed by atoms with van der Waals surface area (Å²) in [7, 11) is 0. The second-order valence-corrected chi connectivity index (χ2v) is 4.92. The first kappa shape index (κ1) is 14.8. The Morgan fingerprint density at radius 3 is 2.65 bits per heavy atom. The van der Waals surface area contributed by atoms with Crippen LogP contribution in [0.3, 0.4) is 0 Å². The molecule has 2 rings (SSSR count). The molecule has 0 aliphatic rings. The number of anilines is 1. The van der Waals surface area contributed by atoms with E-state index in [0.29, 0.717) is 16.8 Å². The summed E-state index contributed by atoms with van der Waals surface area (Å²) in [5, 5.41) is 13.2. The van der Waals surface area contributed by atoms with Crippen LogP contribution in [-0.2, 0) is 6.42 Å². The number of benzene rings is 1. The molecule has 1 aromatic heterocycles. The van der Waals surface area contributed by atoms with Crippen LogP contribution < -0.4 is 5.32 Å². The molecule has 0 amide bonds. The topological polar surface area (TPSA) is 58.0 Å². The fraction of sp³-hybridized carbons (Fsp3) is 0.333. The summed E-state index contributed by atoms with van der Waals surface area (Å²) in [5.41, 5.74) is 1.00. The molecule has 4 nitrogen and oxygen atoms in total. The van der Waals surface area contributed by atoms with Gasteiger partial charge in [-0.1, -0.05) is 48.9 Å². The van der Waals surface area contributed by atoms with Gasteiger partial charge in [0.05, 0.1) is 12.6 Å². The number of aliphatic hydroxyl groups excluding tert-OH is 1. The van der Waals surface area contributed by atoms with E-state index >= 15 is 0 Å².